The van der Waals surface area contributed by atoms with Gasteiger partial charge in [-0.25, -0.2) is 9.78 Å². The van der Waals surface area contributed by atoms with Gasteiger partial charge >= 0.3 is 6.03 Å². The average Bonchev–Trinajstić information content (AvgIpc) is 3.06. The number of urea groups is 1. The van der Waals surface area contributed by atoms with Crippen molar-refractivity contribution in [3.63, 3.8) is 0 Å². The van der Waals surface area contributed by atoms with Gasteiger partial charge in [-0.3, -0.25) is 15.4 Å². The number of carbonyl (C=O) groups is 1. The molecule has 3 rings (SSSR count). The van der Waals surface area contributed by atoms with Crippen LogP contribution in [0.5, 0.6) is 0 Å². The molecule has 22 heavy (non-hydrogen) atoms. The minimum absolute atomic E-state index is 0.115. The molecule has 3 aromatic heterocycles. The Labute approximate surface area is 125 Å². The van der Waals surface area contributed by atoms with E-state index in [0.29, 0.717) is 11.3 Å². The van der Waals surface area contributed by atoms with Crippen molar-refractivity contribution in [3.8, 4) is 11.1 Å². The fourth-order valence-corrected chi connectivity index (χ4v) is 1.97. The molecular weight excluding hydrogens is 284 g/mol. The summed E-state index contributed by atoms with van der Waals surface area (Å²) in [5.74, 6) is 0.411. The van der Waals surface area contributed by atoms with Gasteiger partial charge in [0.15, 0.2) is 0 Å². The molecule has 2 amide bonds. The predicted octanol–water partition coefficient (Wildman–Crippen LogP) is 1.13. The van der Waals surface area contributed by atoms with Crippen LogP contribution in [-0.2, 0) is 0 Å². The SMILES string of the molecule is O=C(NCCO)Nc1ccc2ncc(-c3cn[nH]c3)cc2n1. The summed E-state index contributed by atoms with van der Waals surface area (Å²) in [4.78, 5) is 20.3. The van der Waals surface area contributed by atoms with E-state index >= 15 is 0 Å². The van der Waals surface area contributed by atoms with Gasteiger partial charge in [0.1, 0.15) is 5.82 Å². The fraction of sp³-hybridized carbons (Fsp3) is 0.143. The van der Waals surface area contributed by atoms with Crippen LogP contribution in [0.3, 0.4) is 0 Å². The highest BCUT2D eigenvalue weighted by molar-refractivity contribution is 5.90. The number of nitrogens with one attached hydrogen (secondary N) is 3. The third-order valence-corrected chi connectivity index (χ3v) is 3.01. The summed E-state index contributed by atoms with van der Waals surface area (Å²) in [6.07, 6.45) is 5.22. The highest BCUT2D eigenvalue weighted by Gasteiger charge is 2.06. The lowest BCUT2D eigenvalue weighted by molar-refractivity contribution is 0.244. The lowest BCUT2D eigenvalue weighted by Crippen LogP contribution is -2.31. The molecule has 0 atom stereocenters. The van der Waals surface area contributed by atoms with Crippen LogP contribution >= 0.6 is 0 Å². The zero-order valence-electron chi connectivity index (χ0n) is 11.6. The van der Waals surface area contributed by atoms with E-state index in [1.807, 2.05) is 6.07 Å². The van der Waals surface area contributed by atoms with Crippen LogP contribution in [-0.4, -0.2) is 44.5 Å². The van der Waals surface area contributed by atoms with Crippen molar-refractivity contribution in [1.82, 2.24) is 25.5 Å². The van der Waals surface area contributed by atoms with Crippen LogP contribution in [0.25, 0.3) is 22.2 Å². The number of aromatic nitrogens is 4. The molecule has 0 saturated heterocycles. The molecule has 3 aromatic rings. The molecule has 0 aliphatic rings. The van der Waals surface area contributed by atoms with Crippen molar-refractivity contribution in [3.05, 3.63) is 36.8 Å². The van der Waals surface area contributed by atoms with Gasteiger partial charge in [-0.2, -0.15) is 5.10 Å². The Morgan fingerprint density at radius 3 is 2.91 bits per heavy atom. The first kappa shape index (κ1) is 14.0. The Balaban J connectivity index is 1.86. The number of pyridine rings is 2. The monoisotopic (exact) mass is 298 g/mol. The second-order valence-electron chi connectivity index (χ2n) is 4.55. The summed E-state index contributed by atoms with van der Waals surface area (Å²) >= 11 is 0. The molecule has 112 valence electrons. The van der Waals surface area contributed by atoms with Gasteiger partial charge in [-0.15, -0.1) is 0 Å². The summed E-state index contributed by atoms with van der Waals surface area (Å²) in [6.45, 7) is 0.0716. The van der Waals surface area contributed by atoms with Gasteiger partial charge in [0.2, 0.25) is 0 Å². The summed E-state index contributed by atoms with van der Waals surface area (Å²) in [6, 6.07) is 4.92. The largest absolute Gasteiger partial charge is 0.395 e. The number of H-pyrrole nitrogens is 1. The van der Waals surface area contributed by atoms with E-state index in [-0.39, 0.29) is 13.2 Å². The maximum absolute atomic E-state index is 11.6. The maximum Gasteiger partial charge on any atom is 0.320 e. The molecule has 0 aliphatic heterocycles. The minimum Gasteiger partial charge on any atom is -0.395 e. The molecule has 0 radical (unpaired) electrons. The van der Waals surface area contributed by atoms with Crippen LogP contribution in [0.1, 0.15) is 0 Å². The number of hydrogen-bond donors (Lipinski definition) is 4. The van der Waals surface area contributed by atoms with Gasteiger partial charge in [0, 0.05) is 30.1 Å². The van der Waals surface area contributed by atoms with Gasteiger partial charge in [-0.05, 0) is 18.2 Å². The average molecular weight is 298 g/mol. The molecule has 8 heteroatoms. The summed E-state index contributed by atoms with van der Waals surface area (Å²) < 4.78 is 0. The quantitative estimate of drug-likeness (QED) is 0.576. The standard InChI is InChI=1S/C14H14N6O2/c21-4-3-15-14(22)20-13-2-1-11-12(19-13)5-9(6-16-11)10-7-17-18-8-10/h1-2,5-8,21H,3-4H2,(H,17,18)(H2,15,19,20,22). The first-order valence-corrected chi connectivity index (χ1v) is 6.68. The van der Waals surface area contributed by atoms with Crippen molar-refractivity contribution >= 4 is 22.9 Å². The van der Waals surface area contributed by atoms with E-state index in [0.717, 1.165) is 16.6 Å². The normalized spacial score (nSPS) is 10.6. The lowest BCUT2D eigenvalue weighted by atomic mass is 10.1. The number of hydrogen-bond acceptors (Lipinski definition) is 5. The number of aliphatic hydroxyl groups is 1. The molecule has 0 aromatic carbocycles. The summed E-state index contributed by atoms with van der Waals surface area (Å²) in [5.41, 5.74) is 3.19. The Morgan fingerprint density at radius 2 is 2.14 bits per heavy atom. The number of carbonyl (C=O) groups excluding carboxylic acids is 1. The zero-order chi connectivity index (χ0) is 15.4. The first-order valence-electron chi connectivity index (χ1n) is 6.68. The number of amides is 2. The lowest BCUT2D eigenvalue weighted by Gasteiger charge is -2.07. The number of nitrogens with zero attached hydrogens (tertiary/aromatic N) is 3. The van der Waals surface area contributed by atoms with Crippen LogP contribution in [0.2, 0.25) is 0 Å². The fourth-order valence-electron chi connectivity index (χ4n) is 1.97. The molecule has 0 spiro atoms. The van der Waals surface area contributed by atoms with Crippen molar-refractivity contribution in [2.45, 2.75) is 0 Å². The Bertz CT molecular complexity index is 787. The van der Waals surface area contributed by atoms with Gasteiger partial charge in [-0.1, -0.05) is 0 Å². The Kier molecular flexibility index (Phi) is 3.92. The van der Waals surface area contributed by atoms with E-state index in [1.54, 1.807) is 30.7 Å². The van der Waals surface area contributed by atoms with Gasteiger partial charge in [0.25, 0.3) is 0 Å². The number of aromatic amines is 1. The van der Waals surface area contributed by atoms with Gasteiger partial charge in [0.05, 0.1) is 23.8 Å². The molecule has 8 nitrogen and oxygen atoms in total. The minimum atomic E-state index is -0.417. The number of rotatable bonds is 4. The molecule has 0 fully saturated rings. The number of fused-ring (bicyclic) bond motifs is 1. The Hall–Kier alpha value is -3.00. The highest BCUT2D eigenvalue weighted by atomic mass is 16.3. The first-order chi connectivity index (χ1) is 10.8. The number of aliphatic hydroxyl groups excluding tert-OH is 1. The van der Waals surface area contributed by atoms with E-state index in [1.165, 1.54) is 0 Å². The maximum atomic E-state index is 11.6. The van der Waals surface area contributed by atoms with Crippen molar-refractivity contribution < 1.29 is 9.90 Å². The topological polar surface area (TPSA) is 116 Å². The van der Waals surface area contributed by atoms with Crippen LogP contribution < -0.4 is 10.6 Å². The third kappa shape index (κ3) is 3.01. The van der Waals surface area contributed by atoms with E-state index in [2.05, 4.69) is 30.8 Å². The van der Waals surface area contributed by atoms with E-state index in [9.17, 15) is 4.79 Å². The van der Waals surface area contributed by atoms with E-state index in [4.69, 9.17) is 5.11 Å². The molecule has 0 bridgehead atoms. The molecule has 0 aliphatic carbocycles. The van der Waals surface area contributed by atoms with Crippen molar-refractivity contribution in [1.29, 1.82) is 0 Å². The summed E-state index contributed by atoms with van der Waals surface area (Å²) in [7, 11) is 0. The summed E-state index contributed by atoms with van der Waals surface area (Å²) in [5, 5.41) is 20.4. The smallest absolute Gasteiger partial charge is 0.320 e. The molecule has 3 heterocycles. The van der Waals surface area contributed by atoms with Gasteiger partial charge < -0.3 is 10.4 Å². The third-order valence-electron chi connectivity index (χ3n) is 3.01. The van der Waals surface area contributed by atoms with Crippen LogP contribution in [0.15, 0.2) is 36.8 Å². The molecular formula is C14H14N6O2. The second kappa shape index (κ2) is 6.19. The zero-order valence-corrected chi connectivity index (χ0v) is 11.6. The highest BCUT2D eigenvalue weighted by Crippen LogP contribution is 2.21. The van der Waals surface area contributed by atoms with Crippen LogP contribution in [0.4, 0.5) is 10.6 Å². The Morgan fingerprint density at radius 1 is 1.23 bits per heavy atom. The van der Waals surface area contributed by atoms with Crippen molar-refractivity contribution in [2.75, 3.05) is 18.5 Å². The molecule has 0 unspecified atom stereocenters. The second-order valence-corrected chi connectivity index (χ2v) is 4.55. The van der Waals surface area contributed by atoms with E-state index < -0.39 is 6.03 Å². The number of anilines is 1. The molecule has 0 saturated carbocycles. The van der Waals surface area contributed by atoms with Crippen LogP contribution in [0, 0.1) is 0 Å². The van der Waals surface area contributed by atoms with Crippen molar-refractivity contribution in [2.24, 2.45) is 0 Å². The predicted molar refractivity (Wildman–Crippen MR) is 81.2 cm³/mol. The molecule has 4 N–H and O–H groups in total.